The molecule has 0 aromatic heterocycles. The molecule has 2 rings (SSSR count). The van der Waals surface area contributed by atoms with Crippen molar-refractivity contribution in [3.05, 3.63) is 0 Å². The molecule has 3 amide bonds. The Kier molecular flexibility index (Phi) is 5.01. The average molecular weight is 294 g/mol. The molecule has 2 fully saturated rings. The molecule has 2 aliphatic rings. The van der Waals surface area contributed by atoms with Crippen molar-refractivity contribution in [2.75, 3.05) is 6.54 Å². The van der Waals surface area contributed by atoms with Gasteiger partial charge in [0.15, 0.2) is 0 Å². The molecular formula is C16H26N2O3. The van der Waals surface area contributed by atoms with E-state index in [9.17, 15) is 14.4 Å². The maximum Gasteiger partial charge on any atom is 0.233 e. The predicted molar refractivity (Wildman–Crippen MR) is 79.2 cm³/mol. The maximum atomic E-state index is 12.3. The van der Waals surface area contributed by atoms with Crippen molar-refractivity contribution in [2.24, 2.45) is 17.8 Å². The lowest BCUT2D eigenvalue weighted by molar-refractivity contribution is -0.140. The lowest BCUT2D eigenvalue weighted by atomic mass is 9.81. The molecule has 1 saturated carbocycles. The summed E-state index contributed by atoms with van der Waals surface area (Å²) < 4.78 is 0. The Morgan fingerprint density at radius 2 is 1.67 bits per heavy atom. The predicted octanol–water partition coefficient (Wildman–Crippen LogP) is 1.71. The first-order valence-electron chi connectivity index (χ1n) is 8.06. The molecule has 1 N–H and O–H groups in total. The van der Waals surface area contributed by atoms with Gasteiger partial charge in [0.1, 0.15) is 0 Å². The molecule has 1 aliphatic carbocycles. The third-order valence-electron chi connectivity index (χ3n) is 4.88. The van der Waals surface area contributed by atoms with E-state index in [4.69, 9.17) is 0 Å². The van der Waals surface area contributed by atoms with E-state index in [-0.39, 0.29) is 48.6 Å². The van der Waals surface area contributed by atoms with Crippen LogP contribution in [0.4, 0.5) is 0 Å². The van der Waals surface area contributed by atoms with E-state index in [0.29, 0.717) is 5.92 Å². The monoisotopic (exact) mass is 294 g/mol. The van der Waals surface area contributed by atoms with Gasteiger partial charge in [0, 0.05) is 19.0 Å². The van der Waals surface area contributed by atoms with Crippen LogP contribution in [0.3, 0.4) is 0 Å². The zero-order chi connectivity index (χ0) is 15.6. The van der Waals surface area contributed by atoms with E-state index in [1.807, 2.05) is 20.8 Å². The second-order valence-corrected chi connectivity index (χ2v) is 6.68. The van der Waals surface area contributed by atoms with Crippen LogP contribution in [0, 0.1) is 17.8 Å². The van der Waals surface area contributed by atoms with E-state index in [0.717, 1.165) is 25.7 Å². The van der Waals surface area contributed by atoms with Crippen LogP contribution >= 0.6 is 0 Å². The number of imide groups is 1. The van der Waals surface area contributed by atoms with Crippen molar-refractivity contribution in [1.82, 2.24) is 10.2 Å². The lowest BCUT2D eigenvalue weighted by Crippen LogP contribution is -2.39. The fraction of sp³-hybridized carbons (Fsp3) is 0.812. The zero-order valence-electron chi connectivity index (χ0n) is 13.2. The number of amides is 3. The SMILES string of the molecule is CC(C)[C@@H](C)NC(=O)CCN1C(=O)[C@H]2CCCC[C@H]2C1=O. The summed E-state index contributed by atoms with van der Waals surface area (Å²) in [5, 5.41) is 2.91. The smallest absolute Gasteiger partial charge is 0.233 e. The molecule has 21 heavy (non-hydrogen) atoms. The first-order valence-corrected chi connectivity index (χ1v) is 8.06. The van der Waals surface area contributed by atoms with Crippen LogP contribution < -0.4 is 5.32 Å². The molecule has 5 nitrogen and oxygen atoms in total. The van der Waals surface area contributed by atoms with Crippen molar-refractivity contribution in [2.45, 2.75) is 58.9 Å². The van der Waals surface area contributed by atoms with Gasteiger partial charge in [0.2, 0.25) is 17.7 Å². The van der Waals surface area contributed by atoms with Gasteiger partial charge in [-0.2, -0.15) is 0 Å². The fourth-order valence-electron chi connectivity index (χ4n) is 3.16. The van der Waals surface area contributed by atoms with Gasteiger partial charge in [-0.3, -0.25) is 19.3 Å². The molecule has 1 aliphatic heterocycles. The normalized spacial score (nSPS) is 27.0. The third-order valence-corrected chi connectivity index (χ3v) is 4.88. The first kappa shape index (κ1) is 16.0. The van der Waals surface area contributed by atoms with Gasteiger partial charge in [-0.1, -0.05) is 26.7 Å². The number of fused-ring (bicyclic) bond motifs is 1. The summed E-state index contributed by atoms with van der Waals surface area (Å²) in [6.07, 6.45) is 3.90. The molecule has 118 valence electrons. The van der Waals surface area contributed by atoms with Gasteiger partial charge < -0.3 is 5.32 Å². The Labute approximate surface area is 126 Å². The van der Waals surface area contributed by atoms with Crippen LogP contribution in [-0.2, 0) is 14.4 Å². The Hall–Kier alpha value is -1.39. The number of hydrogen-bond acceptors (Lipinski definition) is 3. The minimum absolute atomic E-state index is 0.0607. The van der Waals surface area contributed by atoms with Crippen molar-refractivity contribution >= 4 is 17.7 Å². The molecule has 3 atom stereocenters. The van der Waals surface area contributed by atoms with Crippen LogP contribution in [-0.4, -0.2) is 35.2 Å². The van der Waals surface area contributed by atoms with Gasteiger partial charge in [0.05, 0.1) is 11.8 Å². The van der Waals surface area contributed by atoms with Crippen LogP contribution in [0.2, 0.25) is 0 Å². The van der Waals surface area contributed by atoms with Gasteiger partial charge in [0.25, 0.3) is 0 Å². The summed E-state index contributed by atoms with van der Waals surface area (Å²) in [6, 6.07) is 0.102. The minimum atomic E-state index is -0.121. The molecule has 1 saturated heterocycles. The number of carbonyl (C=O) groups excluding carboxylic acids is 3. The molecule has 5 heteroatoms. The number of likely N-dealkylation sites (tertiary alicyclic amines) is 1. The number of carbonyl (C=O) groups is 3. The van der Waals surface area contributed by atoms with E-state index >= 15 is 0 Å². The highest BCUT2D eigenvalue weighted by Gasteiger charge is 2.47. The summed E-state index contributed by atoms with van der Waals surface area (Å²) in [4.78, 5) is 37.7. The van der Waals surface area contributed by atoms with Crippen LogP contribution in [0.15, 0.2) is 0 Å². The second kappa shape index (κ2) is 6.58. The number of nitrogens with zero attached hydrogens (tertiary/aromatic N) is 1. The topological polar surface area (TPSA) is 66.5 Å². The molecule has 1 heterocycles. The highest BCUT2D eigenvalue weighted by atomic mass is 16.2. The standard InChI is InChI=1S/C16H26N2O3/c1-10(2)11(3)17-14(19)8-9-18-15(20)12-6-4-5-7-13(12)16(18)21/h10-13H,4-9H2,1-3H3,(H,17,19)/t11-,12-,13+/m1/s1. The Bertz CT molecular complexity index is 409. The first-order chi connectivity index (χ1) is 9.91. The number of nitrogens with one attached hydrogen (secondary N) is 1. The van der Waals surface area contributed by atoms with E-state index in [1.54, 1.807) is 0 Å². The van der Waals surface area contributed by atoms with Crippen LogP contribution in [0.25, 0.3) is 0 Å². The number of hydrogen-bond donors (Lipinski definition) is 1. The molecular weight excluding hydrogens is 268 g/mol. The Balaban J connectivity index is 1.87. The summed E-state index contributed by atoms with van der Waals surface area (Å²) >= 11 is 0. The van der Waals surface area contributed by atoms with Crippen molar-refractivity contribution in [1.29, 1.82) is 0 Å². The maximum absolute atomic E-state index is 12.3. The molecule has 0 radical (unpaired) electrons. The molecule has 0 unspecified atom stereocenters. The zero-order valence-corrected chi connectivity index (χ0v) is 13.2. The highest BCUT2D eigenvalue weighted by molar-refractivity contribution is 6.05. The minimum Gasteiger partial charge on any atom is -0.353 e. The highest BCUT2D eigenvalue weighted by Crippen LogP contribution is 2.37. The quantitative estimate of drug-likeness (QED) is 0.785. The fourth-order valence-corrected chi connectivity index (χ4v) is 3.16. The molecule has 0 aromatic carbocycles. The van der Waals surface area contributed by atoms with Crippen LogP contribution in [0.5, 0.6) is 0 Å². The van der Waals surface area contributed by atoms with Gasteiger partial charge in [-0.25, -0.2) is 0 Å². The Morgan fingerprint density at radius 3 is 2.14 bits per heavy atom. The van der Waals surface area contributed by atoms with Crippen molar-refractivity contribution in [3.8, 4) is 0 Å². The van der Waals surface area contributed by atoms with Gasteiger partial charge >= 0.3 is 0 Å². The van der Waals surface area contributed by atoms with Crippen molar-refractivity contribution < 1.29 is 14.4 Å². The average Bonchev–Trinajstić information content (AvgIpc) is 2.69. The molecule has 0 bridgehead atoms. The molecule has 0 aromatic rings. The summed E-state index contributed by atoms with van der Waals surface area (Å²) in [5.41, 5.74) is 0. The Morgan fingerprint density at radius 1 is 1.14 bits per heavy atom. The second-order valence-electron chi connectivity index (χ2n) is 6.68. The van der Waals surface area contributed by atoms with E-state index < -0.39 is 0 Å². The van der Waals surface area contributed by atoms with Crippen molar-refractivity contribution in [3.63, 3.8) is 0 Å². The van der Waals surface area contributed by atoms with E-state index in [2.05, 4.69) is 5.32 Å². The summed E-state index contributed by atoms with van der Waals surface area (Å²) in [5.74, 6) is -0.0878. The molecule has 0 spiro atoms. The van der Waals surface area contributed by atoms with Crippen LogP contribution in [0.1, 0.15) is 52.9 Å². The summed E-state index contributed by atoms with van der Waals surface area (Å²) in [6.45, 7) is 6.27. The largest absolute Gasteiger partial charge is 0.353 e. The lowest BCUT2D eigenvalue weighted by Gasteiger charge is -2.19. The summed E-state index contributed by atoms with van der Waals surface area (Å²) in [7, 11) is 0. The van der Waals surface area contributed by atoms with E-state index in [1.165, 1.54) is 4.90 Å². The van der Waals surface area contributed by atoms with Gasteiger partial charge in [-0.05, 0) is 25.7 Å². The third kappa shape index (κ3) is 3.44. The van der Waals surface area contributed by atoms with Gasteiger partial charge in [-0.15, -0.1) is 0 Å². The number of rotatable bonds is 5.